The van der Waals surface area contributed by atoms with Gasteiger partial charge in [0.2, 0.25) is 0 Å². The van der Waals surface area contributed by atoms with Crippen molar-refractivity contribution < 1.29 is 0 Å². The minimum Gasteiger partial charge on any atom is -0.372 e. The Morgan fingerprint density at radius 1 is 1.30 bits per heavy atom. The number of halogens is 1. The molecule has 3 heteroatoms. The summed E-state index contributed by atoms with van der Waals surface area (Å²) in [5.74, 6) is 1.59. The Balaban J connectivity index is 1.97. The van der Waals surface area contributed by atoms with Gasteiger partial charge < -0.3 is 10.2 Å². The Morgan fingerprint density at radius 3 is 2.55 bits per heavy atom. The van der Waals surface area contributed by atoms with Crippen molar-refractivity contribution in [1.82, 2.24) is 5.32 Å². The highest BCUT2D eigenvalue weighted by molar-refractivity contribution is 9.10. The van der Waals surface area contributed by atoms with Gasteiger partial charge in [-0.05, 0) is 55.8 Å². The fraction of sp³-hybridized carbons (Fsp3) is 0.647. The summed E-state index contributed by atoms with van der Waals surface area (Å²) in [6.45, 7) is 8.80. The Kier molecular flexibility index (Phi) is 5.50. The van der Waals surface area contributed by atoms with E-state index < -0.39 is 0 Å². The van der Waals surface area contributed by atoms with Gasteiger partial charge in [-0.15, -0.1) is 0 Å². The highest BCUT2D eigenvalue weighted by atomic mass is 79.9. The second-order valence-electron chi connectivity index (χ2n) is 6.49. The highest BCUT2D eigenvalue weighted by Gasteiger charge is 2.30. The Labute approximate surface area is 132 Å². The lowest BCUT2D eigenvalue weighted by molar-refractivity contribution is 0.551. The Morgan fingerprint density at radius 2 is 2.00 bits per heavy atom. The Hall–Kier alpha value is -0.540. The van der Waals surface area contributed by atoms with Crippen LogP contribution in [0.4, 0.5) is 5.69 Å². The fourth-order valence-corrected chi connectivity index (χ4v) is 3.03. The summed E-state index contributed by atoms with van der Waals surface area (Å²) in [4.78, 5) is 2.41. The van der Waals surface area contributed by atoms with E-state index in [-0.39, 0.29) is 0 Å². The van der Waals surface area contributed by atoms with E-state index in [0.29, 0.717) is 12.0 Å². The number of hydrogen-bond donors (Lipinski definition) is 1. The molecule has 0 heterocycles. The second kappa shape index (κ2) is 6.95. The van der Waals surface area contributed by atoms with Gasteiger partial charge in [-0.2, -0.15) is 0 Å². The van der Waals surface area contributed by atoms with Crippen molar-refractivity contribution in [2.45, 2.75) is 46.2 Å². The minimum absolute atomic E-state index is 0.645. The molecule has 1 aliphatic carbocycles. The van der Waals surface area contributed by atoms with E-state index in [1.807, 2.05) is 0 Å². The van der Waals surface area contributed by atoms with E-state index in [0.717, 1.165) is 19.0 Å². The first kappa shape index (κ1) is 15.8. The van der Waals surface area contributed by atoms with Crippen molar-refractivity contribution >= 4 is 21.6 Å². The quantitative estimate of drug-likeness (QED) is 0.791. The van der Waals surface area contributed by atoms with Crippen LogP contribution in [-0.2, 0) is 6.54 Å². The topological polar surface area (TPSA) is 15.3 Å². The highest BCUT2D eigenvalue weighted by Crippen LogP contribution is 2.36. The minimum atomic E-state index is 0.645. The predicted molar refractivity (Wildman–Crippen MR) is 91.3 cm³/mol. The standard InChI is InChI=1S/C17H27BrN2/c1-12(2)10-19-11-15-7-8-16(9-17(15)18)20(4)13(3)14-5-6-14/h7-9,12-14,19H,5-6,10-11H2,1-4H3. The molecule has 1 N–H and O–H groups in total. The van der Waals surface area contributed by atoms with Crippen molar-refractivity contribution in [3.8, 4) is 0 Å². The molecule has 112 valence electrons. The Bertz CT molecular complexity index is 441. The molecule has 0 amide bonds. The molecule has 2 rings (SSSR count). The first-order valence-corrected chi connectivity index (χ1v) is 8.50. The molecular formula is C17H27BrN2. The van der Waals surface area contributed by atoms with Crippen LogP contribution >= 0.6 is 15.9 Å². The number of hydrogen-bond acceptors (Lipinski definition) is 2. The van der Waals surface area contributed by atoms with Gasteiger partial charge in [-0.1, -0.05) is 35.8 Å². The molecule has 1 aliphatic rings. The molecule has 0 spiro atoms. The lowest BCUT2D eigenvalue weighted by Gasteiger charge is -2.27. The van der Waals surface area contributed by atoms with Gasteiger partial charge in [0.05, 0.1) is 0 Å². The van der Waals surface area contributed by atoms with E-state index in [1.54, 1.807) is 0 Å². The average Bonchev–Trinajstić information content (AvgIpc) is 3.23. The molecule has 1 aromatic carbocycles. The van der Waals surface area contributed by atoms with E-state index in [2.05, 4.69) is 72.2 Å². The van der Waals surface area contributed by atoms with E-state index >= 15 is 0 Å². The van der Waals surface area contributed by atoms with Crippen LogP contribution in [0.5, 0.6) is 0 Å². The van der Waals surface area contributed by atoms with Crippen LogP contribution in [0.1, 0.15) is 39.2 Å². The number of benzene rings is 1. The fourth-order valence-electron chi connectivity index (χ4n) is 2.52. The molecule has 1 aromatic rings. The molecule has 1 atom stereocenters. The summed E-state index contributed by atoms with van der Waals surface area (Å²) in [5.41, 5.74) is 2.64. The zero-order valence-electron chi connectivity index (χ0n) is 13.1. The summed E-state index contributed by atoms with van der Waals surface area (Å²) in [5, 5.41) is 3.50. The van der Waals surface area contributed by atoms with Crippen LogP contribution in [0.3, 0.4) is 0 Å². The number of anilines is 1. The van der Waals surface area contributed by atoms with E-state index in [1.165, 1.54) is 28.6 Å². The van der Waals surface area contributed by atoms with E-state index in [4.69, 9.17) is 0 Å². The first-order valence-electron chi connectivity index (χ1n) is 7.71. The molecule has 0 saturated heterocycles. The smallest absolute Gasteiger partial charge is 0.0377 e. The molecule has 1 fully saturated rings. The maximum Gasteiger partial charge on any atom is 0.0377 e. The van der Waals surface area contributed by atoms with Crippen molar-refractivity contribution in [3.05, 3.63) is 28.2 Å². The summed E-state index contributed by atoms with van der Waals surface area (Å²) >= 11 is 3.72. The van der Waals surface area contributed by atoms with Crippen LogP contribution in [0.2, 0.25) is 0 Å². The monoisotopic (exact) mass is 338 g/mol. The summed E-state index contributed by atoms with van der Waals surface area (Å²) in [6.07, 6.45) is 2.79. The zero-order chi connectivity index (χ0) is 14.7. The largest absolute Gasteiger partial charge is 0.372 e. The van der Waals surface area contributed by atoms with Crippen molar-refractivity contribution in [2.75, 3.05) is 18.5 Å². The molecule has 1 saturated carbocycles. The summed E-state index contributed by atoms with van der Waals surface area (Å²) < 4.78 is 1.21. The number of nitrogens with one attached hydrogen (secondary N) is 1. The van der Waals surface area contributed by atoms with Crippen LogP contribution in [0, 0.1) is 11.8 Å². The summed E-state index contributed by atoms with van der Waals surface area (Å²) in [7, 11) is 2.21. The van der Waals surface area contributed by atoms with E-state index in [9.17, 15) is 0 Å². The predicted octanol–water partition coefficient (Wildman–Crippen LogP) is 4.43. The van der Waals surface area contributed by atoms with Crippen LogP contribution in [0.15, 0.2) is 22.7 Å². The normalized spacial score (nSPS) is 16.5. The third kappa shape index (κ3) is 4.23. The third-order valence-electron chi connectivity index (χ3n) is 4.23. The lowest BCUT2D eigenvalue weighted by atomic mass is 10.1. The molecule has 20 heavy (non-hydrogen) atoms. The molecule has 1 unspecified atom stereocenters. The molecule has 0 aliphatic heterocycles. The zero-order valence-corrected chi connectivity index (χ0v) is 14.7. The first-order chi connectivity index (χ1) is 9.49. The SMILES string of the molecule is CC(C)CNCc1ccc(N(C)C(C)C2CC2)cc1Br. The summed E-state index contributed by atoms with van der Waals surface area (Å²) in [6, 6.07) is 7.39. The molecule has 0 aromatic heterocycles. The molecular weight excluding hydrogens is 312 g/mol. The van der Waals surface area contributed by atoms with Gasteiger partial charge in [0, 0.05) is 29.8 Å². The van der Waals surface area contributed by atoms with Gasteiger partial charge in [-0.25, -0.2) is 0 Å². The van der Waals surface area contributed by atoms with Crippen molar-refractivity contribution in [1.29, 1.82) is 0 Å². The van der Waals surface area contributed by atoms with Crippen LogP contribution < -0.4 is 10.2 Å². The van der Waals surface area contributed by atoms with Gasteiger partial charge in [0.1, 0.15) is 0 Å². The van der Waals surface area contributed by atoms with Gasteiger partial charge >= 0.3 is 0 Å². The molecule has 0 radical (unpaired) electrons. The van der Waals surface area contributed by atoms with Gasteiger partial charge in [0.25, 0.3) is 0 Å². The van der Waals surface area contributed by atoms with Crippen molar-refractivity contribution in [3.63, 3.8) is 0 Å². The molecule has 0 bridgehead atoms. The number of nitrogens with zero attached hydrogens (tertiary/aromatic N) is 1. The second-order valence-corrected chi connectivity index (χ2v) is 7.34. The lowest BCUT2D eigenvalue weighted by Crippen LogP contribution is -2.30. The average molecular weight is 339 g/mol. The maximum absolute atomic E-state index is 3.72. The molecule has 2 nitrogen and oxygen atoms in total. The number of rotatable bonds is 7. The van der Waals surface area contributed by atoms with Gasteiger partial charge in [0.15, 0.2) is 0 Å². The van der Waals surface area contributed by atoms with Crippen molar-refractivity contribution in [2.24, 2.45) is 11.8 Å². The van der Waals surface area contributed by atoms with Gasteiger partial charge in [-0.3, -0.25) is 0 Å². The van der Waals surface area contributed by atoms with Crippen LogP contribution in [-0.4, -0.2) is 19.6 Å². The third-order valence-corrected chi connectivity index (χ3v) is 4.97. The maximum atomic E-state index is 3.72. The van der Waals surface area contributed by atoms with Crippen LogP contribution in [0.25, 0.3) is 0 Å².